The van der Waals surface area contributed by atoms with Gasteiger partial charge in [0.2, 0.25) is 0 Å². The molecule has 6 heteroatoms. The van der Waals surface area contributed by atoms with Gasteiger partial charge in [-0.25, -0.2) is 0 Å². The van der Waals surface area contributed by atoms with Crippen LogP contribution in [0.2, 0.25) is 0 Å². The molecule has 0 aliphatic heterocycles. The second-order valence-corrected chi connectivity index (χ2v) is 5.61. The Balaban J connectivity index is 0.00000220. The van der Waals surface area contributed by atoms with Crippen LogP contribution in [0.4, 0.5) is 0 Å². The van der Waals surface area contributed by atoms with Crippen LogP contribution in [0.1, 0.15) is 16.0 Å². The number of hydrogen-bond acceptors (Lipinski definition) is 3. The van der Waals surface area contributed by atoms with Gasteiger partial charge in [0.05, 0.1) is 0 Å². The normalized spacial score (nSPS) is 11.0. The molecule has 4 nitrogen and oxygen atoms in total. The van der Waals surface area contributed by atoms with Crippen LogP contribution in [0.25, 0.3) is 0 Å². The first-order valence-corrected chi connectivity index (χ1v) is 7.59. The Bertz CT molecular complexity index is 555. The first-order valence-electron chi connectivity index (χ1n) is 6.71. The lowest BCUT2D eigenvalue weighted by Gasteiger charge is -2.07. The van der Waals surface area contributed by atoms with Crippen molar-refractivity contribution in [1.29, 1.82) is 0 Å². The van der Waals surface area contributed by atoms with Gasteiger partial charge < -0.3 is 11.1 Å². The number of rotatable bonds is 6. The fourth-order valence-corrected chi connectivity index (χ4v) is 2.60. The summed E-state index contributed by atoms with van der Waals surface area (Å²) >= 11 is 1.75. The molecule has 0 spiro atoms. The zero-order valence-electron chi connectivity index (χ0n) is 12.1. The van der Waals surface area contributed by atoms with Crippen molar-refractivity contribution in [3.8, 4) is 0 Å². The summed E-state index contributed by atoms with van der Waals surface area (Å²) < 4.78 is 0. The summed E-state index contributed by atoms with van der Waals surface area (Å²) in [5, 5.41) is 5.23. The van der Waals surface area contributed by atoms with Crippen molar-refractivity contribution in [2.75, 3.05) is 13.1 Å². The zero-order valence-corrected chi connectivity index (χ0v) is 15.2. The number of aromatic nitrogens is 1. The van der Waals surface area contributed by atoms with Crippen molar-refractivity contribution in [2.45, 2.75) is 19.8 Å². The van der Waals surface area contributed by atoms with Crippen molar-refractivity contribution in [3.63, 3.8) is 0 Å². The van der Waals surface area contributed by atoms with Gasteiger partial charge in [0.25, 0.3) is 0 Å². The maximum atomic E-state index is 5.85. The molecule has 0 aromatic carbocycles. The highest BCUT2D eigenvalue weighted by Crippen LogP contribution is 2.08. The van der Waals surface area contributed by atoms with E-state index in [1.807, 2.05) is 18.5 Å². The van der Waals surface area contributed by atoms with E-state index in [-0.39, 0.29) is 24.0 Å². The predicted molar refractivity (Wildman–Crippen MR) is 101 cm³/mol. The molecule has 0 saturated heterocycles. The van der Waals surface area contributed by atoms with Crippen molar-refractivity contribution < 1.29 is 0 Å². The van der Waals surface area contributed by atoms with Gasteiger partial charge in [-0.05, 0) is 42.0 Å². The molecule has 0 atom stereocenters. The third-order valence-corrected chi connectivity index (χ3v) is 3.99. The smallest absolute Gasteiger partial charge is 0.188 e. The third-order valence-electron chi connectivity index (χ3n) is 3.06. The highest BCUT2D eigenvalue weighted by atomic mass is 127. The summed E-state index contributed by atoms with van der Waals surface area (Å²) in [7, 11) is 0. The summed E-state index contributed by atoms with van der Waals surface area (Å²) in [5.74, 6) is 0.522. The van der Waals surface area contributed by atoms with Crippen LogP contribution in [-0.2, 0) is 12.8 Å². The molecule has 0 radical (unpaired) electrons. The van der Waals surface area contributed by atoms with Gasteiger partial charge in [-0.15, -0.1) is 35.3 Å². The molecule has 2 aromatic heterocycles. The van der Waals surface area contributed by atoms with Crippen LogP contribution >= 0.6 is 35.3 Å². The molecular weight excluding hydrogens is 395 g/mol. The van der Waals surface area contributed by atoms with E-state index in [1.54, 1.807) is 11.3 Å². The van der Waals surface area contributed by atoms with Crippen molar-refractivity contribution in [3.05, 3.63) is 52.0 Å². The average molecular weight is 416 g/mol. The van der Waals surface area contributed by atoms with E-state index in [0.29, 0.717) is 5.96 Å². The fraction of sp³-hybridized carbons (Fsp3) is 0.333. The summed E-state index contributed by atoms with van der Waals surface area (Å²) in [6.07, 6.45) is 5.58. The lowest BCUT2D eigenvalue weighted by atomic mass is 10.1. The number of halogens is 1. The van der Waals surface area contributed by atoms with Crippen LogP contribution in [0, 0.1) is 6.92 Å². The second-order valence-electron chi connectivity index (χ2n) is 4.58. The molecule has 0 amide bonds. The summed E-state index contributed by atoms with van der Waals surface area (Å²) in [6.45, 7) is 3.59. The lowest BCUT2D eigenvalue weighted by Crippen LogP contribution is -2.33. The Morgan fingerprint density at radius 2 is 2.24 bits per heavy atom. The molecule has 21 heavy (non-hydrogen) atoms. The number of thiophene rings is 1. The van der Waals surface area contributed by atoms with Gasteiger partial charge in [0.15, 0.2) is 5.96 Å². The molecule has 0 saturated carbocycles. The SMILES string of the molecule is Cc1cnccc1CCNC(N)=NCCc1cccs1.I. The van der Waals surface area contributed by atoms with Gasteiger partial charge >= 0.3 is 0 Å². The van der Waals surface area contributed by atoms with Gasteiger partial charge in [0, 0.05) is 36.8 Å². The molecule has 0 unspecified atom stereocenters. The number of aliphatic imine (C=N–C) groups is 1. The van der Waals surface area contributed by atoms with Crippen LogP contribution < -0.4 is 11.1 Å². The largest absolute Gasteiger partial charge is 0.370 e. The standard InChI is InChI=1S/C15H20N4S.HI/c1-12-11-17-7-4-13(12)5-8-18-15(16)19-9-6-14-3-2-10-20-14;/h2-4,7,10-11H,5-6,8-9H2,1H3,(H3,16,18,19);1H. The van der Waals surface area contributed by atoms with Crippen molar-refractivity contribution >= 4 is 41.3 Å². The minimum Gasteiger partial charge on any atom is -0.370 e. The molecule has 0 fully saturated rings. The first-order chi connectivity index (χ1) is 9.75. The van der Waals surface area contributed by atoms with Gasteiger partial charge in [0.1, 0.15) is 0 Å². The van der Waals surface area contributed by atoms with Crippen LogP contribution in [0.3, 0.4) is 0 Å². The number of nitrogens with zero attached hydrogens (tertiary/aromatic N) is 2. The van der Waals surface area contributed by atoms with Gasteiger partial charge in [-0.3, -0.25) is 9.98 Å². The number of nitrogens with two attached hydrogens (primary N) is 1. The van der Waals surface area contributed by atoms with E-state index in [2.05, 4.69) is 39.7 Å². The minimum atomic E-state index is 0. The van der Waals surface area contributed by atoms with Crippen molar-refractivity contribution in [1.82, 2.24) is 10.3 Å². The second kappa shape index (κ2) is 9.73. The van der Waals surface area contributed by atoms with Crippen LogP contribution in [0.5, 0.6) is 0 Å². The molecule has 0 aliphatic carbocycles. The number of hydrogen-bond donors (Lipinski definition) is 2. The van der Waals surface area contributed by atoms with E-state index in [1.165, 1.54) is 16.0 Å². The van der Waals surface area contributed by atoms with Crippen molar-refractivity contribution in [2.24, 2.45) is 10.7 Å². The van der Waals surface area contributed by atoms with Gasteiger partial charge in [-0.2, -0.15) is 0 Å². The fourth-order valence-electron chi connectivity index (χ4n) is 1.91. The third kappa shape index (κ3) is 6.43. The Hall–Kier alpha value is -1.15. The number of guanidine groups is 1. The van der Waals surface area contributed by atoms with Crippen LogP contribution in [0.15, 0.2) is 41.0 Å². The Kier molecular flexibility index (Phi) is 8.29. The molecular formula is C15H21IN4S. The Morgan fingerprint density at radius 3 is 2.95 bits per heavy atom. The number of aryl methyl sites for hydroxylation is 1. The summed E-state index contributed by atoms with van der Waals surface area (Å²) in [6, 6.07) is 6.22. The predicted octanol–water partition coefficient (Wildman–Crippen LogP) is 2.76. The zero-order chi connectivity index (χ0) is 14.2. The minimum absolute atomic E-state index is 0. The Morgan fingerprint density at radius 1 is 1.38 bits per heavy atom. The molecule has 2 aromatic rings. The topological polar surface area (TPSA) is 63.3 Å². The maximum absolute atomic E-state index is 5.85. The molecule has 2 rings (SSSR count). The first kappa shape index (κ1) is 17.9. The summed E-state index contributed by atoms with van der Waals surface area (Å²) in [5.41, 5.74) is 8.35. The monoisotopic (exact) mass is 416 g/mol. The van der Waals surface area contributed by atoms with E-state index in [0.717, 1.165) is 25.9 Å². The molecule has 114 valence electrons. The Labute approximate surface area is 146 Å². The average Bonchev–Trinajstić information content (AvgIpc) is 2.94. The maximum Gasteiger partial charge on any atom is 0.188 e. The van der Waals surface area contributed by atoms with E-state index in [4.69, 9.17) is 5.73 Å². The number of nitrogens with one attached hydrogen (secondary N) is 1. The number of pyridine rings is 1. The molecule has 0 aliphatic rings. The quantitative estimate of drug-likeness (QED) is 0.433. The lowest BCUT2D eigenvalue weighted by molar-refractivity contribution is 0.839. The van der Waals surface area contributed by atoms with E-state index < -0.39 is 0 Å². The molecule has 0 bridgehead atoms. The van der Waals surface area contributed by atoms with Crippen LogP contribution in [-0.4, -0.2) is 24.0 Å². The van der Waals surface area contributed by atoms with E-state index in [9.17, 15) is 0 Å². The molecule has 3 N–H and O–H groups in total. The summed E-state index contributed by atoms with van der Waals surface area (Å²) in [4.78, 5) is 9.76. The highest BCUT2D eigenvalue weighted by Gasteiger charge is 1.98. The highest BCUT2D eigenvalue weighted by molar-refractivity contribution is 14.0. The molecule has 2 heterocycles. The van der Waals surface area contributed by atoms with E-state index >= 15 is 0 Å². The van der Waals surface area contributed by atoms with Gasteiger partial charge in [-0.1, -0.05) is 6.07 Å².